The molecule has 4 nitrogen and oxygen atoms in total. The third-order valence-corrected chi connectivity index (χ3v) is 4.46. The molecule has 1 saturated heterocycles. The summed E-state index contributed by atoms with van der Waals surface area (Å²) in [5, 5.41) is 2.30. The number of hydrogen-bond donors (Lipinski definition) is 1. The average Bonchev–Trinajstić information content (AvgIpc) is 2.74. The van der Waals surface area contributed by atoms with Crippen LogP contribution in [0.1, 0.15) is 11.1 Å². The van der Waals surface area contributed by atoms with Gasteiger partial charge in [-0.3, -0.25) is 9.59 Å². The minimum Gasteiger partial charge on any atom is -0.365 e. The summed E-state index contributed by atoms with van der Waals surface area (Å²) in [5.41, 5.74) is 3.49. The van der Waals surface area contributed by atoms with Gasteiger partial charge in [0.1, 0.15) is 0 Å². The molecule has 2 aromatic carbocycles. The molecule has 0 saturated carbocycles. The summed E-state index contributed by atoms with van der Waals surface area (Å²) in [6, 6.07) is 15.1. The predicted molar refractivity (Wildman–Crippen MR) is 90.2 cm³/mol. The third-order valence-electron chi connectivity index (χ3n) is 3.52. The SMILES string of the molecule is Cc1cccc(NC2SC(=O)N(c3ccccc3C)C2=O)c1. The Balaban J connectivity index is 1.84. The van der Waals surface area contributed by atoms with Gasteiger partial charge >= 0.3 is 0 Å². The van der Waals surface area contributed by atoms with Crippen molar-refractivity contribution in [1.29, 1.82) is 0 Å². The van der Waals surface area contributed by atoms with Crippen molar-refractivity contribution >= 4 is 34.3 Å². The molecule has 1 fully saturated rings. The first-order valence-corrected chi connectivity index (χ1v) is 7.87. The molecule has 0 aliphatic carbocycles. The van der Waals surface area contributed by atoms with Crippen molar-refractivity contribution in [2.45, 2.75) is 19.2 Å². The van der Waals surface area contributed by atoms with Crippen LogP contribution in [0.5, 0.6) is 0 Å². The number of rotatable bonds is 3. The first kappa shape index (κ1) is 14.7. The summed E-state index contributed by atoms with van der Waals surface area (Å²) < 4.78 is 0. The Morgan fingerprint density at radius 1 is 1.05 bits per heavy atom. The van der Waals surface area contributed by atoms with Crippen molar-refractivity contribution in [3.63, 3.8) is 0 Å². The first-order chi connectivity index (χ1) is 10.6. The molecule has 112 valence electrons. The smallest absolute Gasteiger partial charge is 0.295 e. The van der Waals surface area contributed by atoms with Gasteiger partial charge in [0.15, 0.2) is 5.37 Å². The minimum absolute atomic E-state index is 0.231. The Morgan fingerprint density at radius 2 is 1.82 bits per heavy atom. The highest BCUT2D eigenvalue weighted by atomic mass is 32.2. The molecular weight excluding hydrogens is 296 g/mol. The number of benzene rings is 2. The molecule has 0 spiro atoms. The molecule has 2 amide bonds. The van der Waals surface area contributed by atoms with E-state index < -0.39 is 5.37 Å². The summed E-state index contributed by atoms with van der Waals surface area (Å²) in [5.74, 6) is -0.231. The van der Waals surface area contributed by atoms with Gasteiger partial charge in [-0.2, -0.15) is 0 Å². The number of anilines is 2. The zero-order chi connectivity index (χ0) is 15.7. The molecule has 1 atom stereocenters. The Bertz CT molecular complexity index is 745. The highest BCUT2D eigenvalue weighted by Gasteiger charge is 2.41. The van der Waals surface area contributed by atoms with Gasteiger partial charge in [0.05, 0.1) is 5.69 Å². The molecule has 1 N–H and O–H groups in total. The standard InChI is InChI=1S/C17H16N2O2S/c1-11-6-5-8-13(10-11)18-15-16(20)19(17(21)22-15)14-9-4-3-7-12(14)2/h3-10,15,18H,1-2H3. The van der Waals surface area contributed by atoms with Gasteiger partial charge in [0.2, 0.25) is 0 Å². The maximum atomic E-state index is 12.6. The van der Waals surface area contributed by atoms with Crippen LogP contribution in [-0.4, -0.2) is 16.5 Å². The largest absolute Gasteiger partial charge is 0.365 e. The lowest BCUT2D eigenvalue weighted by atomic mass is 10.2. The highest BCUT2D eigenvalue weighted by molar-refractivity contribution is 8.16. The maximum Gasteiger partial charge on any atom is 0.295 e. The van der Waals surface area contributed by atoms with Crippen LogP contribution in [0, 0.1) is 13.8 Å². The van der Waals surface area contributed by atoms with Crippen LogP contribution in [-0.2, 0) is 4.79 Å². The second-order valence-corrected chi connectivity index (χ2v) is 6.29. The predicted octanol–water partition coefficient (Wildman–Crippen LogP) is 3.94. The highest BCUT2D eigenvalue weighted by Crippen LogP contribution is 2.33. The van der Waals surface area contributed by atoms with Crippen molar-refractivity contribution in [3.05, 3.63) is 59.7 Å². The Labute approximate surface area is 133 Å². The number of nitrogens with zero attached hydrogens (tertiary/aromatic N) is 1. The lowest BCUT2D eigenvalue weighted by molar-refractivity contribution is -0.116. The number of imide groups is 1. The molecule has 0 aromatic heterocycles. The van der Waals surface area contributed by atoms with Crippen LogP contribution in [0.3, 0.4) is 0 Å². The van der Waals surface area contributed by atoms with E-state index in [1.165, 1.54) is 4.90 Å². The van der Waals surface area contributed by atoms with E-state index in [4.69, 9.17) is 0 Å². The molecule has 1 unspecified atom stereocenters. The molecule has 2 aromatic rings. The quantitative estimate of drug-likeness (QED) is 0.932. The van der Waals surface area contributed by atoms with Crippen LogP contribution < -0.4 is 10.2 Å². The normalized spacial score (nSPS) is 17.9. The molecule has 1 aliphatic heterocycles. The van der Waals surface area contributed by atoms with Gasteiger partial charge in [0.25, 0.3) is 11.1 Å². The van der Waals surface area contributed by atoms with Gasteiger partial charge in [-0.1, -0.05) is 30.3 Å². The second kappa shape index (κ2) is 5.85. The molecule has 0 bridgehead atoms. The van der Waals surface area contributed by atoms with Crippen molar-refractivity contribution in [2.24, 2.45) is 0 Å². The van der Waals surface area contributed by atoms with Gasteiger partial charge < -0.3 is 5.32 Å². The molecule has 1 heterocycles. The van der Waals surface area contributed by atoms with Crippen molar-refractivity contribution in [3.8, 4) is 0 Å². The van der Waals surface area contributed by atoms with E-state index in [0.29, 0.717) is 5.69 Å². The number of para-hydroxylation sites is 1. The van der Waals surface area contributed by atoms with E-state index in [9.17, 15) is 9.59 Å². The van der Waals surface area contributed by atoms with E-state index in [0.717, 1.165) is 28.6 Å². The van der Waals surface area contributed by atoms with Gasteiger partial charge in [-0.15, -0.1) is 0 Å². The monoisotopic (exact) mass is 312 g/mol. The van der Waals surface area contributed by atoms with Crippen LogP contribution in [0.15, 0.2) is 48.5 Å². The van der Waals surface area contributed by atoms with Crippen molar-refractivity contribution in [1.82, 2.24) is 0 Å². The summed E-state index contributed by atoms with van der Waals surface area (Å²) in [4.78, 5) is 26.1. The summed E-state index contributed by atoms with van der Waals surface area (Å²) >= 11 is 1.01. The van der Waals surface area contributed by atoms with Crippen LogP contribution >= 0.6 is 11.8 Å². The fourth-order valence-corrected chi connectivity index (χ4v) is 3.32. The van der Waals surface area contributed by atoms with Gasteiger partial charge in [-0.25, -0.2) is 4.90 Å². The lowest BCUT2D eigenvalue weighted by Gasteiger charge is -2.17. The van der Waals surface area contributed by atoms with Gasteiger partial charge in [-0.05, 0) is 54.9 Å². The molecule has 5 heteroatoms. The molecular formula is C17H16N2O2S. The summed E-state index contributed by atoms with van der Waals surface area (Å²) in [7, 11) is 0. The lowest BCUT2D eigenvalue weighted by Crippen LogP contribution is -2.34. The zero-order valence-corrected chi connectivity index (χ0v) is 13.2. The Morgan fingerprint density at radius 3 is 2.55 bits per heavy atom. The maximum absolute atomic E-state index is 12.6. The van der Waals surface area contributed by atoms with Crippen LogP contribution in [0.4, 0.5) is 16.2 Å². The second-order valence-electron chi connectivity index (χ2n) is 5.24. The topological polar surface area (TPSA) is 49.4 Å². The fraction of sp³-hybridized carbons (Fsp3) is 0.176. The van der Waals surface area contributed by atoms with E-state index in [2.05, 4.69) is 5.32 Å². The minimum atomic E-state index is -0.589. The van der Waals surface area contributed by atoms with Crippen molar-refractivity contribution < 1.29 is 9.59 Å². The van der Waals surface area contributed by atoms with Crippen LogP contribution in [0.2, 0.25) is 0 Å². The zero-order valence-electron chi connectivity index (χ0n) is 12.4. The first-order valence-electron chi connectivity index (χ1n) is 6.99. The number of hydrogen-bond acceptors (Lipinski definition) is 4. The Kier molecular flexibility index (Phi) is 3.90. The molecule has 1 aliphatic rings. The Hall–Kier alpha value is -2.27. The van der Waals surface area contributed by atoms with Gasteiger partial charge in [0, 0.05) is 5.69 Å². The number of carbonyl (C=O) groups excluding carboxylic acids is 2. The van der Waals surface area contributed by atoms with Crippen LogP contribution in [0.25, 0.3) is 0 Å². The number of aryl methyl sites for hydroxylation is 2. The molecule has 3 rings (SSSR count). The fourth-order valence-electron chi connectivity index (χ4n) is 2.42. The number of thioether (sulfide) groups is 1. The van der Waals surface area contributed by atoms with E-state index in [-0.39, 0.29) is 11.1 Å². The van der Waals surface area contributed by atoms with Crippen molar-refractivity contribution in [2.75, 3.05) is 10.2 Å². The number of amides is 2. The average molecular weight is 312 g/mol. The van der Waals surface area contributed by atoms with E-state index in [1.807, 2.05) is 56.3 Å². The summed E-state index contributed by atoms with van der Waals surface area (Å²) in [6.07, 6.45) is 0. The third kappa shape index (κ3) is 2.72. The number of nitrogens with one attached hydrogen (secondary N) is 1. The molecule has 22 heavy (non-hydrogen) atoms. The van der Waals surface area contributed by atoms with E-state index in [1.54, 1.807) is 6.07 Å². The van der Waals surface area contributed by atoms with E-state index >= 15 is 0 Å². The number of carbonyl (C=O) groups is 2. The summed E-state index contributed by atoms with van der Waals surface area (Å²) in [6.45, 7) is 3.88. The molecule has 0 radical (unpaired) electrons.